The third-order valence-electron chi connectivity index (χ3n) is 3.65. The lowest BCUT2D eigenvalue weighted by Crippen LogP contribution is -2.30. The number of pyridine rings is 1. The molecule has 1 aromatic heterocycles. The maximum absolute atomic E-state index is 5.47. The Morgan fingerprint density at radius 2 is 2.05 bits per heavy atom. The summed E-state index contributed by atoms with van der Waals surface area (Å²) in [5, 5.41) is 5.63. The van der Waals surface area contributed by atoms with Crippen molar-refractivity contribution >= 4 is 16.6 Å². The number of anilines is 1. The first-order chi connectivity index (χ1) is 10.3. The topological polar surface area (TPSA) is 46.6 Å². The molecule has 3 rings (SSSR count). The fourth-order valence-corrected chi connectivity index (χ4v) is 2.51. The highest BCUT2D eigenvalue weighted by Crippen LogP contribution is 2.38. The van der Waals surface area contributed by atoms with Gasteiger partial charge in [-0.1, -0.05) is 6.92 Å². The monoisotopic (exact) mass is 287 g/mol. The number of benzene rings is 1. The molecule has 0 saturated carbocycles. The molecule has 112 valence electrons. The summed E-state index contributed by atoms with van der Waals surface area (Å²) in [6.45, 7) is 5.39. The number of aromatic nitrogens is 1. The summed E-state index contributed by atoms with van der Waals surface area (Å²) in [6.07, 6.45) is 3.00. The fraction of sp³-hybridized carbons (Fsp3) is 0.438. The van der Waals surface area contributed by atoms with E-state index < -0.39 is 0 Å². The highest BCUT2D eigenvalue weighted by atomic mass is 16.7. The van der Waals surface area contributed by atoms with Gasteiger partial charge in [-0.3, -0.25) is 0 Å². The SMILES string of the molecule is CCCNCCN(C)c1nccc2cc3c(cc12)OCO3. The van der Waals surface area contributed by atoms with Crippen molar-refractivity contribution in [3.8, 4) is 11.5 Å². The molecule has 1 N–H and O–H groups in total. The van der Waals surface area contributed by atoms with E-state index in [2.05, 4.69) is 29.2 Å². The average Bonchev–Trinajstić information content (AvgIpc) is 2.95. The Morgan fingerprint density at radius 1 is 1.24 bits per heavy atom. The lowest BCUT2D eigenvalue weighted by Gasteiger charge is -2.20. The van der Waals surface area contributed by atoms with Crippen molar-refractivity contribution in [1.82, 2.24) is 10.3 Å². The number of ether oxygens (including phenoxy) is 2. The molecule has 0 bridgehead atoms. The van der Waals surface area contributed by atoms with E-state index in [1.807, 2.05) is 24.4 Å². The molecule has 5 nitrogen and oxygen atoms in total. The zero-order valence-corrected chi connectivity index (χ0v) is 12.6. The predicted octanol–water partition coefficient (Wildman–Crippen LogP) is 2.40. The number of fused-ring (bicyclic) bond motifs is 2. The van der Waals surface area contributed by atoms with Gasteiger partial charge in [-0.05, 0) is 36.6 Å². The van der Waals surface area contributed by atoms with Gasteiger partial charge in [-0.15, -0.1) is 0 Å². The molecular weight excluding hydrogens is 266 g/mol. The molecular formula is C16H21N3O2. The zero-order valence-electron chi connectivity index (χ0n) is 12.6. The first kappa shape index (κ1) is 13.9. The van der Waals surface area contributed by atoms with Crippen LogP contribution in [0.5, 0.6) is 11.5 Å². The number of nitrogens with one attached hydrogen (secondary N) is 1. The molecule has 5 heteroatoms. The average molecular weight is 287 g/mol. The van der Waals surface area contributed by atoms with Crippen molar-refractivity contribution in [1.29, 1.82) is 0 Å². The van der Waals surface area contributed by atoms with Crippen LogP contribution in [0.3, 0.4) is 0 Å². The molecule has 0 saturated heterocycles. The highest BCUT2D eigenvalue weighted by Gasteiger charge is 2.17. The molecule has 0 atom stereocenters. The van der Waals surface area contributed by atoms with E-state index in [1.165, 1.54) is 0 Å². The van der Waals surface area contributed by atoms with Crippen LogP contribution in [0.15, 0.2) is 24.4 Å². The number of hydrogen-bond acceptors (Lipinski definition) is 5. The smallest absolute Gasteiger partial charge is 0.231 e. The molecule has 21 heavy (non-hydrogen) atoms. The van der Waals surface area contributed by atoms with Crippen molar-refractivity contribution in [2.45, 2.75) is 13.3 Å². The standard InChI is InChI=1S/C16H21N3O2/c1-3-5-17-7-8-19(2)16-13-10-15-14(20-11-21-15)9-12(13)4-6-18-16/h4,6,9-10,17H,3,5,7-8,11H2,1-2H3. The summed E-state index contributed by atoms with van der Waals surface area (Å²) in [4.78, 5) is 6.71. The predicted molar refractivity (Wildman–Crippen MR) is 84.3 cm³/mol. The van der Waals surface area contributed by atoms with Crippen LogP contribution in [0, 0.1) is 0 Å². The van der Waals surface area contributed by atoms with Gasteiger partial charge >= 0.3 is 0 Å². The first-order valence-electron chi connectivity index (χ1n) is 7.40. The van der Waals surface area contributed by atoms with E-state index in [9.17, 15) is 0 Å². The Kier molecular flexibility index (Phi) is 4.10. The summed E-state index contributed by atoms with van der Waals surface area (Å²) in [6, 6.07) is 6.05. The number of likely N-dealkylation sites (N-methyl/N-ethyl adjacent to an activating group) is 1. The summed E-state index contributed by atoms with van der Waals surface area (Å²) >= 11 is 0. The summed E-state index contributed by atoms with van der Waals surface area (Å²) in [5.74, 6) is 2.59. The molecule has 0 amide bonds. The van der Waals surface area contributed by atoms with Crippen molar-refractivity contribution in [3.63, 3.8) is 0 Å². The summed E-state index contributed by atoms with van der Waals surface area (Å²) in [5.41, 5.74) is 0. The molecule has 1 aliphatic rings. The Morgan fingerprint density at radius 3 is 2.86 bits per heavy atom. The molecule has 0 radical (unpaired) electrons. The molecule has 1 aromatic carbocycles. The largest absolute Gasteiger partial charge is 0.454 e. The quantitative estimate of drug-likeness (QED) is 0.827. The van der Waals surface area contributed by atoms with Gasteiger partial charge in [-0.25, -0.2) is 4.98 Å². The van der Waals surface area contributed by atoms with Crippen LogP contribution in [0.2, 0.25) is 0 Å². The maximum Gasteiger partial charge on any atom is 0.231 e. The van der Waals surface area contributed by atoms with Gasteiger partial charge in [0.2, 0.25) is 6.79 Å². The van der Waals surface area contributed by atoms with Crippen molar-refractivity contribution in [2.24, 2.45) is 0 Å². The van der Waals surface area contributed by atoms with E-state index in [1.54, 1.807) is 0 Å². The minimum atomic E-state index is 0.297. The van der Waals surface area contributed by atoms with Crippen LogP contribution in [0.25, 0.3) is 10.8 Å². The second-order valence-corrected chi connectivity index (χ2v) is 5.23. The van der Waals surface area contributed by atoms with Crippen LogP contribution in [-0.2, 0) is 0 Å². The number of nitrogens with zero attached hydrogens (tertiary/aromatic N) is 2. The van der Waals surface area contributed by atoms with E-state index in [4.69, 9.17) is 9.47 Å². The van der Waals surface area contributed by atoms with Gasteiger partial charge in [0.1, 0.15) is 5.82 Å². The highest BCUT2D eigenvalue weighted by molar-refractivity contribution is 5.94. The molecule has 0 unspecified atom stereocenters. The second-order valence-electron chi connectivity index (χ2n) is 5.23. The van der Waals surface area contributed by atoms with E-state index in [0.717, 1.165) is 54.1 Å². The number of hydrogen-bond donors (Lipinski definition) is 1. The van der Waals surface area contributed by atoms with Crippen LogP contribution in [0.4, 0.5) is 5.82 Å². The Bertz CT molecular complexity index is 630. The molecule has 0 spiro atoms. The van der Waals surface area contributed by atoms with Crippen LogP contribution in [-0.4, -0.2) is 38.5 Å². The Hall–Kier alpha value is -2.01. The molecule has 1 aliphatic heterocycles. The van der Waals surface area contributed by atoms with Crippen molar-refractivity contribution in [2.75, 3.05) is 38.4 Å². The van der Waals surface area contributed by atoms with Gasteiger partial charge in [-0.2, -0.15) is 0 Å². The van der Waals surface area contributed by atoms with Gasteiger partial charge in [0.05, 0.1) is 0 Å². The fourth-order valence-electron chi connectivity index (χ4n) is 2.51. The van der Waals surface area contributed by atoms with Gasteiger partial charge in [0, 0.05) is 31.7 Å². The summed E-state index contributed by atoms with van der Waals surface area (Å²) in [7, 11) is 2.07. The third-order valence-corrected chi connectivity index (χ3v) is 3.65. The van der Waals surface area contributed by atoms with Crippen molar-refractivity contribution in [3.05, 3.63) is 24.4 Å². The molecule has 2 aromatic rings. The zero-order chi connectivity index (χ0) is 14.7. The van der Waals surface area contributed by atoms with Crippen LogP contribution >= 0.6 is 0 Å². The Balaban J connectivity index is 1.84. The lowest BCUT2D eigenvalue weighted by atomic mass is 10.1. The third kappa shape index (κ3) is 2.88. The van der Waals surface area contributed by atoms with Crippen molar-refractivity contribution < 1.29 is 9.47 Å². The second kappa shape index (κ2) is 6.18. The lowest BCUT2D eigenvalue weighted by molar-refractivity contribution is 0.174. The maximum atomic E-state index is 5.47. The molecule has 0 fully saturated rings. The minimum absolute atomic E-state index is 0.297. The van der Waals surface area contributed by atoms with Crippen LogP contribution in [0.1, 0.15) is 13.3 Å². The van der Waals surface area contributed by atoms with E-state index >= 15 is 0 Å². The Labute approximate surface area is 124 Å². The first-order valence-corrected chi connectivity index (χ1v) is 7.40. The van der Waals surface area contributed by atoms with E-state index in [-0.39, 0.29) is 0 Å². The van der Waals surface area contributed by atoms with Gasteiger partial charge in [0.25, 0.3) is 0 Å². The molecule has 0 aliphatic carbocycles. The van der Waals surface area contributed by atoms with Crippen LogP contribution < -0.4 is 19.7 Å². The number of rotatable bonds is 6. The van der Waals surface area contributed by atoms with E-state index in [0.29, 0.717) is 6.79 Å². The minimum Gasteiger partial charge on any atom is -0.454 e. The molecule has 2 heterocycles. The normalized spacial score (nSPS) is 12.9. The van der Waals surface area contributed by atoms with Gasteiger partial charge in [0.15, 0.2) is 11.5 Å². The van der Waals surface area contributed by atoms with Gasteiger partial charge < -0.3 is 19.7 Å². The summed E-state index contributed by atoms with van der Waals surface area (Å²) < 4.78 is 10.9.